The second kappa shape index (κ2) is 4.16. The molecule has 1 heterocycles. The van der Waals surface area contributed by atoms with E-state index in [1.54, 1.807) is 0 Å². The van der Waals surface area contributed by atoms with Gasteiger partial charge in [0, 0.05) is 23.6 Å². The highest BCUT2D eigenvalue weighted by atomic mass is 32.2. The van der Waals surface area contributed by atoms with Gasteiger partial charge in [-0.1, -0.05) is 30.3 Å². The lowest BCUT2D eigenvalue weighted by atomic mass is 10.1. The third-order valence-electron chi connectivity index (χ3n) is 2.34. The number of benzene rings is 1. The predicted molar refractivity (Wildman–Crippen MR) is 59.1 cm³/mol. The summed E-state index contributed by atoms with van der Waals surface area (Å²) < 4.78 is 0. The summed E-state index contributed by atoms with van der Waals surface area (Å²) in [6.07, 6.45) is 0. The molecule has 1 aliphatic rings. The topological polar surface area (TPSA) is 12.0 Å². The van der Waals surface area contributed by atoms with Gasteiger partial charge >= 0.3 is 0 Å². The van der Waals surface area contributed by atoms with E-state index in [4.69, 9.17) is 0 Å². The molecule has 2 rings (SSSR count). The maximum Gasteiger partial charge on any atom is 0.0414 e. The fourth-order valence-electron chi connectivity index (χ4n) is 1.68. The van der Waals surface area contributed by atoms with E-state index in [0.29, 0.717) is 12.1 Å². The molecule has 0 bridgehead atoms. The van der Waals surface area contributed by atoms with Gasteiger partial charge in [0.15, 0.2) is 0 Å². The zero-order valence-electron chi connectivity index (χ0n) is 7.86. The summed E-state index contributed by atoms with van der Waals surface area (Å²) in [7, 11) is 0. The van der Waals surface area contributed by atoms with Crippen molar-refractivity contribution in [3.63, 3.8) is 0 Å². The predicted octanol–water partition coefficient (Wildman–Crippen LogP) is 2.45. The van der Waals surface area contributed by atoms with Crippen molar-refractivity contribution in [2.45, 2.75) is 19.0 Å². The summed E-state index contributed by atoms with van der Waals surface area (Å²) in [5, 5.41) is 3.61. The summed E-state index contributed by atoms with van der Waals surface area (Å²) in [4.78, 5) is 0. The molecule has 1 aromatic rings. The molecule has 1 nitrogen and oxygen atoms in total. The molecule has 2 heteroatoms. The van der Waals surface area contributed by atoms with E-state index < -0.39 is 0 Å². The monoisotopic (exact) mass is 193 g/mol. The van der Waals surface area contributed by atoms with Gasteiger partial charge in [-0.15, -0.1) is 0 Å². The van der Waals surface area contributed by atoms with Crippen LogP contribution in [0.3, 0.4) is 0 Å². The summed E-state index contributed by atoms with van der Waals surface area (Å²) in [6.45, 7) is 2.25. The van der Waals surface area contributed by atoms with Crippen LogP contribution in [-0.4, -0.2) is 17.5 Å². The summed E-state index contributed by atoms with van der Waals surface area (Å²) in [6, 6.07) is 11.9. The van der Waals surface area contributed by atoms with Crippen molar-refractivity contribution in [2.75, 3.05) is 11.5 Å². The normalized spacial score (nSPS) is 28.7. The molecule has 0 spiro atoms. The Labute approximate surface area is 83.9 Å². The zero-order chi connectivity index (χ0) is 9.10. The van der Waals surface area contributed by atoms with Crippen LogP contribution in [0.4, 0.5) is 0 Å². The van der Waals surface area contributed by atoms with Gasteiger partial charge in [0.2, 0.25) is 0 Å². The molecule has 2 unspecified atom stereocenters. The van der Waals surface area contributed by atoms with Crippen LogP contribution in [-0.2, 0) is 0 Å². The molecule has 13 heavy (non-hydrogen) atoms. The lowest BCUT2D eigenvalue weighted by Crippen LogP contribution is -2.37. The number of thioether (sulfide) groups is 1. The molecular formula is C11H15NS. The van der Waals surface area contributed by atoms with Gasteiger partial charge in [0.1, 0.15) is 0 Å². The van der Waals surface area contributed by atoms with E-state index in [1.165, 1.54) is 17.1 Å². The van der Waals surface area contributed by atoms with Crippen molar-refractivity contribution in [3.8, 4) is 0 Å². The molecule has 1 saturated heterocycles. The second-order valence-corrected chi connectivity index (χ2v) is 4.64. The van der Waals surface area contributed by atoms with Crippen molar-refractivity contribution in [1.82, 2.24) is 5.32 Å². The van der Waals surface area contributed by atoms with Crippen LogP contribution in [0.25, 0.3) is 0 Å². The third-order valence-corrected chi connectivity index (χ3v) is 3.64. The number of hydrogen-bond acceptors (Lipinski definition) is 2. The minimum Gasteiger partial charge on any atom is -0.306 e. The van der Waals surface area contributed by atoms with E-state index in [9.17, 15) is 0 Å². The minimum atomic E-state index is 0.551. The SMILES string of the molecule is CC1CSCC(c2ccccc2)N1. The van der Waals surface area contributed by atoms with Crippen molar-refractivity contribution >= 4 is 11.8 Å². The number of hydrogen-bond donors (Lipinski definition) is 1. The van der Waals surface area contributed by atoms with E-state index >= 15 is 0 Å². The van der Waals surface area contributed by atoms with Crippen LogP contribution < -0.4 is 5.32 Å². The molecule has 0 saturated carbocycles. The molecule has 0 aromatic heterocycles. The first-order chi connectivity index (χ1) is 6.36. The van der Waals surface area contributed by atoms with Crippen LogP contribution in [0.5, 0.6) is 0 Å². The Kier molecular flexibility index (Phi) is 2.91. The molecule has 1 aromatic carbocycles. The van der Waals surface area contributed by atoms with Gasteiger partial charge in [0.25, 0.3) is 0 Å². The highest BCUT2D eigenvalue weighted by Crippen LogP contribution is 2.23. The Morgan fingerprint density at radius 2 is 2.00 bits per heavy atom. The van der Waals surface area contributed by atoms with Crippen LogP contribution in [0, 0.1) is 0 Å². The Morgan fingerprint density at radius 3 is 2.69 bits per heavy atom. The van der Waals surface area contributed by atoms with Crippen molar-refractivity contribution in [3.05, 3.63) is 35.9 Å². The lowest BCUT2D eigenvalue weighted by Gasteiger charge is -2.28. The van der Waals surface area contributed by atoms with Gasteiger partial charge in [0.05, 0.1) is 0 Å². The van der Waals surface area contributed by atoms with Crippen LogP contribution >= 0.6 is 11.8 Å². The molecule has 70 valence electrons. The first-order valence-electron chi connectivity index (χ1n) is 4.75. The minimum absolute atomic E-state index is 0.551. The van der Waals surface area contributed by atoms with E-state index in [1.807, 2.05) is 11.8 Å². The van der Waals surface area contributed by atoms with Crippen molar-refractivity contribution in [1.29, 1.82) is 0 Å². The Balaban J connectivity index is 2.08. The number of nitrogens with one attached hydrogen (secondary N) is 1. The van der Waals surface area contributed by atoms with Gasteiger partial charge in [-0.3, -0.25) is 0 Å². The van der Waals surface area contributed by atoms with Crippen molar-refractivity contribution < 1.29 is 0 Å². The molecule has 0 aliphatic carbocycles. The Bertz CT molecular complexity index is 260. The maximum atomic E-state index is 3.61. The van der Waals surface area contributed by atoms with Crippen LogP contribution in [0.15, 0.2) is 30.3 Å². The molecule has 1 fully saturated rings. The highest BCUT2D eigenvalue weighted by Gasteiger charge is 2.18. The van der Waals surface area contributed by atoms with Gasteiger partial charge in [-0.2, -0.15) is 11.8 Å². The third kappa shape index (κ3) is 2.26. The van der Waals surface area contributed by atoms with Crippen molar-refractivity contribution in [2.24, 2.45) is 0 Å². The maximum absolute atomic E-state index is 3.61. The average molecular weight is 193 g/mol. The summed E-state index contributed by atoms with van der Waals surface area (Å²) in [5.74, 6) is 2.44. The molecule has 1 N–H and O–H groups in total. The largest absolute Gasteiger partial charge is 0.306 e. The van der Waals surface area contributed by atoms with E-state index in [0.717, 1.165) is 0 Å². The molecule has 1 aliphatic heterocycles. The Hall–Kier alpha value is -0.470. The first kappa shape index (κ1) is 9.10. The van der Waals surface area contributed by atoms with E-state index in [-0.39, 0.29) is 0 Å². The fraction of sp³-hybridized carbons (Fsp3) is 0.455. The standard InChI is InChI=1S/C11H15NS/c1-9-7-13-8-11(12-9)10-5-3-2-4-6-10/h2-6,9,11-12H,7-8H2,1H3. The van der Waals surface area contributed by atoms with Gasteiger partial charge in [-0.05, 0) is 12.5 Å². The second-order valence-electron chi connectivity index (χ2n) is 3.57. The van der Waals surface area contributed by atoms with E-state index in [2.05, 4.69) is 42.6 Å². The number of rotatable bonds is 1. The fourth-order valence-corrected chi connectivity index (χ4v) is 2.79. The van der Waals surface area contributed by atoms with Gasteiger partial charge in [-0.25, -0.2) is 0 Å². The summed E-state index contributed by atoms with van der Waals surface area (Å²) >= 11 is 2.04. The molecular weight excluding hydrogens is 178 g/mol. The average Bonchev–Trinajstić information content (AvgIpc) is 2.19. The Morgan fingerprint density at radius 1 is 1.23 bits per heavy atom. The highest BCUT2D eigenvalue weighted by molar-refractivity contribution is 7.99. The molecule has 0 amide bonds. The quantitative estimate of drug-likeness (QED) is 0.735. The van der Waals surface area contributed by atoms with Crippen LogP contribution in [0.1, 0.15) is 18.5 Å². The van der Waals surface area contributed by atoms with Gasteiger partial charge < -0.3 is 5.32 Å². The molecule has 0 radical (unpaired) electrons. The summed E-state index contributed by atoms with van der Waals surface area (Å²) in [5.41, 5.74) is 1.42. The lowest BCUT2D eigenvalue weighted by molar-refractivity contribution is 0.502. The first-order valence-corrected chi connectivity index (χ1v) is 5.90. The smallest absolute Gasteiger partial charge is 0.0414 e. The van der Waals surface area contributed by atoms with Crippen LogP contribution in [0.2, 0.25) is 0 Å². The zero-order valence-corrected chi connectivity index (χ0v) is 8.68. The molecule has 2 atom stereocenters.